The summed E-state index contributed by atoms with van der Waals surface area (Å²) in [5.74, 6) is 1.34. The fourth-order valence-electron chi connectivity index (χ4n) is 2.19. The lowest BCUT2D eigenvalue weighted by Gasteiger charge is -2.06. The molecule has 0 saturated heterocycles. The van der Waals surface area contributed by atoms with E-state index >= 15 is 0 Å². The number of rotatable bonds is 5. The van der Waals surface area contributed by atoms with Gasteiger partial charge in [0.15, 0.2) is 0 Å². The molecule has 0 atom stereocenters. The molecule has 0 saturated carbocycles. The van der Waals surface area contributed by atoms with Gasteiger partial charge in [0.25, 0.3) is 5.91 Å². The number of hydrogen-bond donors (Lipinski definition) is 1. The Bertz CT molecular complexity index is 981. The van der Waals surface area contributed by atoms with Crippen LogP contribution in [-0.2, 0) is 4.79 Å². The van der Waals surface area contributed by atoms with Gasteiger partial charge in [-0.2, -0.15) is 0 Å². The molecule has 9 heteroatoms. The molecule has 1 amide bonds. The standard InChI is InChI=1S/C17H14Cl2N4O2S/c1-10-20-21-17(26-2)23(10)22-15(24)9-7-11-6-8-14(25-11)12-4-3-5-13(18)16(12)19/h3-9H,1-2H3,(H,22,24)/b9-7+. The Morgan fingerprint density at radius 3 is 2.85 bits per heavy atom. The molecule has 0 aliphatic heterocycles. The molecule has 2 aromatic heterocycles. The maximum absolute atomic E-state index is 12.1. The molecule has 0 bridgehead atoms. The SMILES string of the molecule is CSc1nnc(C)n1NC(=O)/C=C/c1ccc(-c2cccc(Cl)c2Cl)o1. The molecule has 134 valence electrons. The second-order valence-corrected chi connectivity index (χ2v) is 6.74. The molecule has 0 radical (unpaired) electrons. The zero-order chi connectivity index (χ0) is 18.7. The van der Waals surface area contributed by atoms with Gasteiger partial charge in [0.1, 0.15) is 17.3 Å². The largest absolute Gasteiger partial charge is 0.457 e. The van der Waals surface area contributed by atoms with Crippen molar-refractivity contribution in [3.05, 3.63) is 58.0 Å². The van der Waals surface area contributed by atoms with Crippen molar-refractivity contribution in [2.75, 3.05) is 11.7 Å². The first-order chi connectivity index (χ1) is 12.5. The van der Waals surface area contributed by atoms with Crippen LogP contribution in [0.25, 0.3) is 17.4 Å². The van der Waals surface area contributed by atoms with E-state index in [0.29, 0.717) is 38.1 Å². The molecule has 0 aliphatic carbocycles. The zero-order valence-corrected chi connectivity index (χ0v) is 16.2. The van der Waals surface area contributed by atoms with E-state index in [-0.39, 0.29) is 5.91 Å². The number of furan rings is 1. The number of benzene rings is 1. The Morgan fingerprint density at radius 1 is 1.27 bits per heavy atom. The topological polar surface area (TPSA) is 73.0 Å². The van der Waals surface area contributed by atoms with Gasteiger partial charge in [0.2, 0.25) is 5.16 Å². The molecule has 1 N–H and O–H groups in total. The summed E-state index contributed by atoms with van der Waals surface area (Å²) in [7, 11) is 0. The third kappa shape index (κ3) is 3.95. The van der Waals surface area contributed by atoms with Gasteiger partial charge in [-0.3, -0.25) is 10.2 Å². The number of amides is 1. The Labute approximate surface area is 164 Å². The van der Waals surface area contributed by atoms with Crippen LogP contribution in [0, 0.1) is 6.92 Å². The minimum atomic E-state index is -0.332. The van der Waals surface area contributed by atoms with Gasteiger partial charge in [0.05, 0.1) is 10.0 Å². The summed E-state index contributed by atoms with van der Waals surface area (Å²) in [6.45, 7) is 1.75. The molecule has 2 heterocycles. The number of thioether (sulfide) groups is 1. The molecule has 3 rings (SSSR count). The van der Waals surface area contributed by atoms with Crippen LogP contribution in [0.1, 0.15) is 11.6 Å². The van der Waals surface area contributed by atoms with Crippen molar-refractivity contribution in [2.45, 2.75) is 12.1 Å². The molecule has 0 unspecified atom stereocenters. The van der Waals surface area contributed by atoms with Crippen molar-refractivity contribution in [3.8, 4) is 11.3 Å². The maximum Gasteiger partial charge on any atom is 0.263 e. The average Bonchev–Trinajstić information content (AvgIpc) is 3.23. The third-order valence-corrected chi connectivity index (χ3v) is 4.89. The Balaban J connectivity index is 1.73. The highest BCUT2D eigenvalue weighted by Gasteiger charge is 2.11. The van der Waals surface area contributed by atoms with Crippen molar-refractivity contribution in [1.29, 1.82) is 0 Å². The number of aromatic nitrogens is 3. The van der Waals surface area contributed by atoms with E-state index in [9.17, 15) is 4.79 Å². The second-order valence-electron chi connectivity index (χ2n) is 5.18. The van der Waals surface area contributed by atoms with Gasteiger partial charge in [-0.15, -0.1) is 10.2 Å². The Kier molecular flexibility index (Phi) is 5.70. The van der Waals surface area contributed by atoms with Gasteiger partial charge in [0, 0.05) is 11.6 Å². The van der Waals surface area contributed by atoms with E-state index < -0.39 is 0 Å². The van der Waals surface area contributed by atoms with E-state index in [1.54, 1.807) is 37.3 Å². The van der Waals surface area contributed by atoms with E-state index in [4.69, 9.17) is 27.6 Å². The zero-order valence-electron chi connectivity index (χ0n) is 13.9. The van der Waals surface area contributed by atoms with Crippen molar-refractivity contribution < 1.29 is 9.21 Å². The van der Waals surface area contributed by atoms with Crippen LogP contribution in [0.15, 0.2) is 46.0 Å². The first-order valence-corrected chi connectivity index (χ1v) is 9.47. The van der Waals surface area contributed by atoms with Crippen LogP contribution in [0.3, 0.4) is 0 Å². The van der Waals surface area contributed by atoms with E-state index in [2.05, 4.69) is 15.6 Å². The first-order valence-electron chi connectivity index (χ1n) is 7.49. The normalized spacial score (nSPS) is 11.2. The van der Waals surface area contributed by atoms with Crippen LogP contribution < -0.4 is 5.43 Å². The number of nitrogens with one attached hydrogen (secondary N) is 1. The third-order valence-electron chi connectivity index (χ3n) is 3.44. The minimum absolute atomic E-state index is 0.332. The van der Waals surface area contributed by atoms with Crippen molar-refractivity contribution in [3.63, 3.8) is 0 Å². The highest BCUT2D eigenvalue weighted by molar-refractivity contribution is 7.98. The Hall–Kier alpha value is -2.22. The van der Waals surface area contributed by atoms with Crippen LogP contribution in [0.5, 0.6) is 0 Å². The first kappa shape index (κ1) is 18.6. The van der Waals surface area contributed by atoms with Gasteiger partial charge in [-0.25, -0.2) is 4.68 Å². The monoisotopic (exact) mass is 408 g/mol. The van der Waals surface area contributed by atoms with Crippen LogP contribution in [0.4, 0.5) is 0 Å². The van der Waals surface area contributed by atoms with Gasteiger partial charge < -0.3 is 4.42 Å². The van der Waals surface area contributed by atoms with Gasteiger partial charge in [-0.1, -0.05) is 41.0 Å². The summed E-state index contributed by atoms with van der Waals surface area (Å²) in [6.07, 6.45) is 4.79. The lowest BCUT2D eigenvalue weighted by Crippen LogP contribution is -2.22. The van der Waals surface area contributed by atoms with Crippen molar-refractivity contribution >= 4 is 46.9 Å². The highest BCUT2D eigenvalue weighted by Crippen LogP contribution is 2.34. The summed E-state index contributed by atoms with van der Waals surface area (Å²) in [5.41, 5.74) is 3.39. The smallest absolute Gasteiger partial charge is 0.263 e. The van der Waals surface area contributed by atoms with E-state index in [1.165, 1.54) is 22.5 Å². The summed E-state index contributed by atoms with van der Waals surface area (Å²) in [5, 5.41) is 9.34. The molecule has 6 nitrogen and oxygen atoms in total. The maximum atomic E-state index is 12.1. The second kappa shape index (κ2) is 7.99. The number of aryl methyl sites for hydroxylation is 1. The molecule has 1 aromatic carbocycles. The summed E-state index contributed by atoms with van der Waals surface area (Å²) >= 11 is 13.6. The van der Waals surface area contributed by atoms with Crippen molar-refractivity contribution in [1.82, 2.24) is 14.9 Å². The molecule has 0 spiro atoms. The Morgan fingerprint density at radius 2 is 2.08 bits per heavy atom. The van der Waals surface area contributed by atoms with Gasteiger partial charge in [-0.05, 0) is 43.5 Å². The van der Waals surface area contributed by atoms with Crippen LogP contribution >= 0.6 is 35.0 Å². The molecular formula is C17H14Cl2N4O2S. The van der Waals surface area contributed by atoms with E-state index in [0.717, 1.165) is 0 Å². The van der Waals surface area contributed by atoms with Crippen LogP contribution in [-0.4, -0.2) is 27.0 Å². The van der Waals surface area contributed by atoms with Crippen molar-refractivity contribution in [2.24, 2.45) is 0 Å². The molecule has 0 aliphatic rings. The quantitative estimate of drug-likeness (QED) is 0.490. The van der Waals surface area contributed by atoms with Gasteiger partial charge >= 0.3 is 0 Å². The fourth-order valence-corrected chi connectivity index (χ4v) is 3.07. The molecular weight excluding hydrogens is 395 g/mol. The number of carbonyl (C=O) groups is 1. The highest BCUT2D eigenvalue weighted by atomic mass is 35.5. The van der Waals surface area contributed by atoms with Crippen LogP contribution in [0.2, 0.25) is 10.0 Å². The average molecular weight is 409 g/mol. The summed E-state index contributed by atoms with van der Waals surface area (Å²) in [4.78, 5) is 12.1. The molecule has 26 heavy (non-hydrogen) atoms. The predicted octanol–water partition coefficient (Wildman–Crippen LogP) is 4.66. The predicted molar refractivity (Wildman–Crippen MR) is 104 cm³/mol. The lowest BCUT2D eigenvalue weighted by molar-refractivity contribution is -0.112. The minimum Gasteiger partial charge on any atom is -0.457 e. The fraction of sp³-hybridized carbons (Fsp3) is 0.118. The number of nitrogens with zero attached hydrogens (tertiary/aromatic N) is 3. The number of halogens is 2. The number of carbonyl (C=O) groups excluding carboxylic acids is 1. The molecule has 0 fully saturated rings. The van der Waals surface area contributed by atoms with E-state index in [1.807, 2.05) is 12.3 Å². The lowest BCUT2D eigenvalue weighted by atomic mass is 10.2. The number of hydrogen-bond acceptors (Lipinski definition) is 5. The summed E-state index contributed by atoms with van der Waals surface area (Å²) in [6, 6.07) is 8.82. The molecule has 3 aromatic rings. The summed E-state index contributed by atoms with van der Waals surface area (Å²) < 4.78 is 7.24.